The van der Waals surface area contributed by atoms with Crippen LogP contribution in [0.2, 0.25) is 0 Å². The Morgan fingerprint density at radius 1 is 1.12 bits per heavy atom. The summed E-state index contributed by atoms with van der Waals surface area (Å²) in [6, 6.07) is 8.42. The third-order valence-electron chi connectivity index (χ3n) is 3.57. The van der Waals surface area contributed by atoms with Gasteiger partial charge in [0.25, 0.3) is 0 Å². The number of carbonyl (C=O) groups is 2. The van der Waals surface area contributed by atoms with E-state index >= 15 is 0 Å². The molecule has 0 aliphatic heterocycles. The summed E-state index contributed by atoms with van der Waals surface area (Å²) in [7, 11) is 0. The number of benzene rings is 1. The van der Waals surface area contributed by atoms with E-state index in [9.17, 15) is 14.7 Å². The molecule has 0 bridgehead atoms. The molecular weight excluding hydrogens is 396 g/mol. The second kappa shape index (κ2) is 13.7. The number of unbranched alkanes of at least 4 members (excludes halogenated alkanes) is 1. The Hall–Kier alpha value is -0.517. The van der Waals surface area contributed by atoms with Crippen LogP contribution in [-0.2, 0) is 35.5 Å². The summed E-state index contributed by atoms with van der Waals surface area (Å²) in [5, 5.41) is 12.2. The van der Waals surface area contributed by atoms with E-state index in [2.05, 4.69) is 30.6 Å². The second-order valence-corrected chi connectivity index (χ2v) is 6.74. The summed E-state index contributed by atoms with van der Waals surface area (Å²) in [6.45, 7) is 0. The molecule has 1 amide bonds. The van der Waals surface area contributed by atoms with Crippen molar-refractivity contribution in [2.24, 2.45) is 0 Å². The first kappa shape index (κ1) is 23.5. The van der Waals surface area contributed by atoms with Gasteiger partial charge in [0.2, 0.25) is 5.91 Å². The maximum absolute atomic E-state index is 11.9. The Bertz CT molecular complexity index is 488. The van der Waals surface area contributed by atoms with E-state index in [1.54, 1.807) is 0 Å². The number of carbonyl (C=O) groups excluding carboxylic acids is 1. The van der Waals surface area contributed by atoms with Crippen molar-refractivity contribution >= 4 is 37.1 Å². The Morgan fingerprint density at radius 2 is 1.79 bits per heavy atom. The van der Waals surface area contributed by atoms with Crippen molar-refractivity contribution in [2.75, 3.05) is 5.75 Å². The van der Waals surface area contributed by atoms with Crippen molar-refractivity contribution in [1.82, 2.24) is 5.32 Å². The second-order valence-electron chi connectivity index (χ2n) is 5.56. The first-order valence-corrected chi connectivity index (χ1v) is 9.03. The van der Waals surface area contributed by atoms with Gasteiger partial charge in [-0.1, -0.05) is 36.8 Å². The van der Waals surface area contributed by atoms with Crippen LogP contribution >= 0.6 is 25.3 Å². The minimum atomic E-state index is -1.01. The van der Waals surface area contributed by atoms with E-state index in [-0.39, 0.29) is 25.4 Å². The predicted octanol–water partition coefficient (Wildman–Crippen LogP) is 2.97. The van der Waals surface area contributed by atoms with E-state index < -0.39 is 12.0 Å². The van der Waals surface area contributed by atoms with Crippen molar-refractivity contribution < 1.29 is 34.2 Å². The molecule has 0 fully saturated rings. The molecular formula is C17H25NO3S2Zn. The number of nitrogens with one attached hydrogen (secondary N) is 1. The van der Waals surface area contributed by atoms with Crippen molar-refractivity contribution in [3.63, 3.8) is 0 Å². The fraction of sp³-hybridized carbons (Fsp3) is 0.529. The molecule has 0 spiro atoms. The van der Waals surface area contributed by atoms with Gasteiger partial charge < -0.3 is 10.4 Å². The van der Waals surface area contributed by atoms with Crippen LogP contribution in [0.5, 0.6) is 0 Å². The number of hydrogen-bond acceptors (Lipinski definition) is 4. The van der Waals surface area contributed by atoms with Crippen LogP contribution in [0.3, 0.4) is 0 Å². The molecule has 0 radical (unpaired) electrons. The standard InChI is InChI=1S/C17H25NO3S2.Zn/c19-16(9-5-4-8-14(23)10-11-22)18-15(17(20)21)12-13-6-2-1-3-7-13;/h1-3,6-7,14-15,22-23H,4-5,8-12H2,(H,18,19)(H,20,21);. The molecule has 0 saturated carbocycles. The molecule has 1 aromatic carbocycles. The smallest absolute Gasteiger partial charge is 0.326 e. The van der Waals surface area contributed by atoms with E-state index in [4.69, 9.17) is 0 Å². The van der Waals surface area contributed by atoms with Crippen LogP contribution < -0.4 is 5.32 Å². The van der Waals surface area contributed by atoms with Gasteiger partial charge in [-0.25, -0.2) is 4.79 Å². The Kier molecular flexibility index (Phi) is 13.4. The molecule has 0 aliphatic rings. The number of hydrogen-bond donors (Lipinski definition) is 4. The Morgan fingerprint density at radius 3 is 2.38 bits per heavy atom. The van der Waals surface area contributed by atoms with Gasteiger partial charge in [0.1, 0.15) is 6.04 Å². The zero-order valence-corrected chi connectivity index (χ0v) is 18.6. The number of thiol groups is 2. The first-order chi connectivity index (χ1) is 11.0. The van der Waals surface area contributed by atoms with Crippen LogP contribution in [0, 0.1) is 0 Å². The van der Waals surface area contributed by atoms with Crippen molar-refractivity contribution in [3.8, 4) is 0 Å². The van der Waals surface area contributed by atoms with Crippen LogP contribution in [0.25, 0.3) is 0 Å². The number of carboxylic acids is 1. The SMILES string of the molecule is O=C(CCCCC(S)CCS)NC(Cc1ccccc1)C(=O)O.[Zn]. The van der Waals surface area contributed by atoms with Crippen LogP contribution in [0.4, 0.5) is 0 Å². The molecule has 0 saturated heterocycles. The molecule has 2 atom stereocenters. The molecule has 0 heterocycles. The number of amides is 1. The molecule has 2 unspecified atom stereocenters. The van der Waals surface area contributed by atoms with E-state index in [0.717, 1.165) is 37.0 Å². The zero-order valence-electron chi connectivity index (χ0n) is 13.9. The average molecular weight is 421 g/mol. The van der Waals surface area contributed by atoms with Gasteiger partial charge in [0.15, 0.2) is 0 Å². The normalized spacial score (nSPS) is 12.8. The summed E-state index contributed by atoms with van der Waals surface area (Å²) in [5.41, 5.74) is 0.893. The fourth-order valence-electron chi connectivity index (χ4n) is 2.28. The molecule has 4 nitrogen and oxygen atoms in total. The van der Waals surface area contributed by atoms with Gasteiger partial charge in [-0.15, -0.1) is 0 Å². The van der Waals surface area contributed by atoms with Gasteiger partial charge in [0.05, 0.1) is 0 Å². The van der Waals surface area contributed by atoms with Crippen molar-refractivity contribution in [1.29, 1.82) is 0 Å². The van der Waals surface area contributed by atoms with Crippen molar-refractivity contribution in [3.05, 3.63) is 35.9 Å². The summed E-state index contributed by atoms with van der Waals surface area (Å²) < 4.78 is 0. The molecule has 1 rings (SSSR count). The van der Waals surface area contributed by atoms with Crippen molar-refractivity contribution in [2.45, 2.75) is 49.8 Å². The number of aliphatic carboxylic acids is 1. The minimum Gasteiger partial charge on any atom is -0.480 e. The summed E-state index contributed by atoms with van der Waals surface area (Å²) in [5.74, 6) is -0.404. The van der Waals surface area contributed by atoms with Gasteiger partial charge in [-0.2, -0.15) is 25.3 Å². The average Bonchev–Trinajstić information content (AvgIpc) is 2.52. The fourth-order valence-corrected chi connectivity index (χ4v) is 3.10. The Labute approximate surface area is 167 Å². The van der Waals surface area contributed by atoms with Crippen LogP contribution in [0.15, 0.2) is 30.3 Å². The van der Waals surface area contributed by atoms with Gasteiger partial charge in [0, 0.05) is 37.6 Å². The first-order valence-electron chi connectivity index (χ1n) is 7.88. The zero-order chi connectivity index (χ0) is 17.1. The van der Waals surface area contributed by atoms with E-state index in [1.807, 2.05) is 30.3 Å². The van der Waals surface area contributed by atoms with Gasteiger partial charge >= 0.3 is 5.97 Å². The maximum atomic E-state index is 11.9. The molecule has 0 aliphatic carbocycles. The van der Waals surface area contributed by atoms with E-state index in [0.29, 0.717) is 18.1 Å². The molecule has 0 aromatic heterocycles. The summed E-state index contributed by atoms with van der Waals surface area (Å²) in [4.78, 5) is 23.2. The molecule has 130 valence electrons. The molecule has 2 N–H and O–H groups in total. The predicted molar refractivity (Wildman–Crippen MR) is 99.4 cm³/mol. The minimum absolute atomic E-state index is 0. The molecule has 1 aromatic rings. The monoisotopic (exact) mass is 419 g/mol. The maximum Gasteiger partial charge on any atom is 0.326 e. The number of rotatable bonds is 11. The number of carboxylic acid groups (broad SMARTS) is 1. The van der Waals surface area contributed by atoms with Gasteiger partial charge in [-0.05, 0) is 30.6 Å². The molecule has 24 heavy (non-hydrogen) atoms. The van der Waals surface area contributed by atoms with Crippen LogP contribution in [0.1, 0.15) is 37.7 Å². The Balaban J connectivity index is 0.00000529. The largest absolute Gasteiger partial charge is 0.480 e. The van der Waals surface area contributed by atoms with Gasteiger partial charge in [-0.3, -0.25) is 4.79 Å². The summed E-state index contributed by atoms with van der Waals surface area (Å²) >= 11 is 8.61. The third-order valence-corrected chi connectivity index (χ3v) is 4.34. The summed E-state index contributed by atoms with van der Waals surface area (Å²) in [6.07, 6.45) is 4.20. The topological polar surface area (TPSA) is 66.4 Å². The third kappa shape index (κ3) is 10.4. The van der Waals surface area contributed by atoms with Crippen LogP contribution in [-0.4, -0.2) is 34.0 Å². The molecule has 7 heteroatoms. The quantitative estimate of drug-likeness (QED) is 0.253. The van der Waals surface area contributed by atoms with E-state index in [1.165, 1.54) is 0 Å².